The lowest BCUT2D eigenvalue weighted by Gasteiger charge is -2.19. The Hall–Kier alpha value is -2.78. The predicted octanol–water partition coefficient (Wildman–Crippen LogP) is 1.50. The van der Waals surface area contributed by atoms with Crippen molar-refractivity contribution in [1.82, 2.24) is 20.1 Å². The fourth-order valence-corrected chi connectivity index (χ4v) is 3.95. The zero-order valence-corrected chi connectivity index (χ0v) is 16.2. The quantitative estimate of drug-likeness (QED) is 0.727. The van der Waals surface area contributed by atoms with Gasteiger partial charge >= 0.3 is 0 Å². The number of pyridine rings is 1. The van der Waals surface area contributed by atoms with Crippen LogP contribution in [0.4, 0.5) is 0 Å². The third-order valence-electron chi connectivity index (χ3n) is 3.98. The second-order valence-corrected chi connectivity index (χ2v) is 7.63. The van der Waals surface area contributed by atoms with Gasteiger partial charge in [-0.05, 0) is 36.8 Å². The first kappa shape index (κ1) is 20.5. The molecule has 0 spiro atoms. The van der Waals surface area contributed by atoms with Crippen molar-refractivity contribution >= 4 is 21.8 Å². The fourth-order valence-electron chi connectivity index (χ4n) is 2.46. The van der Waals surface area contributed by atoms with Crippen molar-refractivity contribution in [3.63, 3.8) is 0 Å². The summed E-state index contributed by atoms with van der Waals surface area (Å²) in [5.41, 5.74) is 5.44. The fraction of sp³-hybridized carbons (Fsp3) is 0.278. The molecule has 1 aromatic carbocycles. The molecular weight excluding hydrogens is 368 g/mol. The second-order valence-electron chi connectivity index (χ2n) is 5.69. The highest BCUT2D eigenvalue weighted by Gasteiger charge is 2.23. The van der Waals surface area contributed by atoms with Crippen LogP contribution in [0.1, 0.15) is 40.3 Å². The van der Waals surface area contributed by atoms with Gasteiger partial charge in [0.1, 0.15) is 5.69 Å². The number of nitrogens with zero attached hydrogens (tertiary/aromatic N) is 2. The minimum atomic E-state index is -3.69. The SMILES string of the molecule is CCN(CC)S(=O)(=O)c1ccc(C)c(C(=O)NNC(=O)c2ccccn2)c1. The van der Waals surface area contributed by atoms with E-state index in [2.05, 4.69) is 15.8 Å². The second kappa shape index (κ2) is 8.74. The van der Waals surface area contributed by atoms with E-state index in [9.17, 15) is 18.0 Å². The summed E-state index contributed by atoms with van der Waals surface area (Å²) in [6, 6.07) is 9.16. The number of nitrogens with one attached hydrogen (secondary N) is 2. The van der Waals surface area contributed by atoms with Crippen molar-refractivity contribution in [2.24, 2.45) is 0 Å². The van der Waals surface area contributed by atoms with E-state index in [0.717, 1.165) is 0 Å². The number of rotatable bonds is 6. The molecule has 0 unspecified atom stereocenters. The molecule has 2 rings (SSSR count). The highest BCUT2D eigenvalue weighted by Crippen LogP contribution is 2.19. The number of carbonyl (C=O) groups excluding carboxylic acids is 2. The molecule has 1 heterocycles. The lowest BCUT2D eigenvalue weighted by Crippen LogP contribution is -2.42. The summed E-state index contributed by atoms with van der Waals surface area (Å²) in [5, 5.41) is 0. The average Bonchev–Trinajstić information content (AvgIpc) is 2.67. The highest BCUT2D eigenvalue weighted by atomic mass is 32.2. The van der Waals surface area contributed by atoms with Gasteiger partial charge in [-0.1, -0.05) is 26.0 Å². The van der Waals surface area contributed by atoms with E-state index in [1.54, 1.807) is 39.0 Å². The average molecular weight is 390 g/mol. The topological polar surface area (TPSA) is 108 Å². The molecule has 144 valence electrons. The molecule has 1 aromatic heterocycles. The minimum absolute atomic E-state index is 0.0259. The summed E-state index contributed by atoms with van der Waals surface area (Å²) in [5.74, 6) is -1.19. The number of carbonyl (C=O) groups is 2. The van der Waals surface area contributed by atoms with Gasteiger partial charge in [0.25, 0.3) is 11.8 Å². The number of benzene rings is 1. The molecule has 0 radical (unpaired) electrons. The van der Waals surface area contributed by atoms with Gasteiger partial charge in [0.2, 0.25) is 10.0 Å². The first-order chi connectivity index (χ1) is 12.8. The number of aromatic nitrogens is 1. The smallest absolute Gasteiger partial charge is 0.267 e. The van der Waals surface area contributed by atoms with Gasteiger partial charge in [-0.25, -0.2) is 8.42 Å². The summed E-state index contributed by atoms with van der Waals surface area (Å²) in [7, 11) is -3.69. The molecule has 0 aliphatic heterocycles. The standard InChI is InChI=1S/C18H22N4O4S/c1-4-22(5-2)27(25,26)14-10-9-13(3)15(12-14)17(23)20-21-18(24)16-8-6-7-11-19-16/h6-12H,4-5H2,1-3H3,(H,20,23)(H,21,24). The summed E-state index contributed by atoms with van der Waals surface area (Å²) in [4.78, 5) is 28.3. The van der Waals surface area contributed by atoms with Crippen LogP contribution in [0.25, 0.3) is 0 Å². The maximum Gasteiger partial charge on any atom is 0.288 e. The van der Waals surface area contributed by atoms with Gasteiger partial charge in [-0.15, -0.1) is 0 Å². The molecule has 8 nitrogen and oxygen atoms in total. The molecule has 0 aliphatic rings. The molecule has 0 fully saturated rings. The largest absolute Gasteiger partial charge is 0.288 e. The van der Waals surface area contributed by atoms with E-state index in [-0.39, 0.29) is 16.2 Å². The molecule has 27 heavy (non-hydrogen) atoms. The van der Waals surface area contributed by atoms with Gasteiger partial charge in [0.15, 0.2) is 0 Å². The zero-order valence-electron chi connectivity index (χ0n) is 15.4. The van der Waals surface area contributed by atoms with Gasteiger partial charge in [-0.3, -0.25) is 25.4 Å². The Morgan fingerprint density at radius 3 is 2.30 bits per heavy atom. The van der Waals surface area contributed by atoms with Crippen molar-refractivity contribution in [3.05, 3.63) is 59.4 Å². The Morgan fingerprint density at radius 1 is 1.04 bits per heavy atom. The number of hydrogen-bond acceptors (Lipinski definition) is 5. The lowest BCUT2D eigenvalue weighted by atomic mass is 10.1. The van der Waals surface area contributed by atoms with Crippen molar-refractivity contribution < 1.29 is 18.0 Å². The molecule has 0 aliphatic carbocycles. The summed E-state index contributed by atoms with van der Waals surface area (Å²) in [6.45, 7) is 5.83. The van der Waals surface area contributed by atoms with Crippen LogP contribution in [0.15, 0.2) is 47.5 Å². The molecule has 0 saturated heterocycles. The summed E-state index contributed by atoms with van der Waals surface area (Å²) < 4.78 is 26.6. The molecule has 0 saturated carbocycles. The number of sulfonamides is 1. The normalized spacial score (nSPS) is 11.3. The van der Waals surface area contributed by atoms with Gasteiger partial charge < -0.3 is 0 Å². The first-order valence-electron chi connectivity index (χ1n) is 8.43. The molecule has 2 amide bonds. The zero-order chi connectivity index (χ0) is 20.0. The van der Waals surface area contributed by atoms with Crippen molar-refractivity contribution in [2.75, 3.05) is 13.1 Å². The van der Waals surface area contributed by atoms with Crippen molar-refractivity contribution in [2.45, 2.75) is 25.7 Å². The molecule has 0 bridgehead atoms. The van der Waals surface area contributed by atoms with Crippen LogP contribution in [-0.2, 0) is 10.0 Å². The third-order valence-corrected chi connectivity index (χ3v) is 6.03. The van der Waals surface area contributed by atoms with E-state index in [1.165, 1.54) is 28.7 Å². The number of aryl methyl sites for hydroxylation is 1. The van der Waals surface area contributed by atoms with Gasteiger partial charge in [0.05, 0.1) is 4.90 Å². The Labute approximate surface area is 158 Å². The molecule has 9 heteroatoms. The van der Waals surface area contributed by atoms with E-state index < -0.39 is 21.8 Å². The van der Waals surface area contributed by atoms with Crippen LogP contribution in [-0.4, -0.2) is 42.6 Å². The molecule has 2 aromatic rings. The van der Waals surface area contributed by atoms with E-state index in [1.807, 2.05) is 0 Å². The number of hydrazine groups is 1. The lowest BCUT2D eigenvalue weighted by molar-refractivity contribution is 0.0843. The summed E-state index contributed by atoms with van der Waals surface area (Å²) >= 11 is 0. The highest BCUT2D eigenvalue weighted by molar-refractivity contribution is 7.89. The first-order valence-corrected chi connectivity index (χ1v) is 9.87. The number of hydrogen-bond donors (Lipinski definition) is 2. The van der Waals surface area contributed by atoms with E-state index in [4.69, 9.17) is 0 Å². The van der Waals surface area contributed by atoms with Crippen LogP contribution >= 0.6 is 0 Å². The maximum absolute atomic E-state index is 12.6. The molecule has 0 atom stereocenters. The van der Waals surface area contributed by atoms with Gasteiger partial charge in [0, 0.05) is 24.8 Å². The third kappa shape index (κ3) is 4.69. The van der Waals surface area contributed by atoms with Crippen LogP contribution in [0, 0.1) is 6.92 Å². The molecule has 2 N–H and O–H groups in total. The molecular formula is C18H22N4O4S. The Balaban J connectivity index is 2.20. The van der Waals surface area contributed by atoms with Crippen molar-refractivity contribution in [3.8, 4) is 0 Å². The maximum atomic E-state index is 12.6. The van der Waals surface area contributed by atoms with E-state index >= 15 is 0 Å². The van der Waals surface area contributed by atoms with Crippen LogP contribution in [0.2, 0.25) is 0 Å². The minimum Gasteiger partial charge on any atom is -0.267 e. The Bertz CT molecular complexity index is 926. The van der Waals surface area contributed by atoms with Crippen LogP contribution in [0.5, 0.6) is 0 Å². The van der Waals surface area contributed by atoms with E-state index in [0.29, 0.717) is 18.7 Å². The van der Waals surface area contributed by atoms with Crippen LogP contribution < -0.4 is 10.9 Å². The number of amides is 2. The van der Waals surface area contributed by atoms with Crippen molar-refractivity contribution in [1.29, 1.82) is 0 Å². The monoisotopic (exact) mass is 390 g/mol. The van der Waals surface area contributed by atoms with Gasteiger partial charge in [-0.2, -0.15) is 4.31 Å². The van der Waals surface area contributed by atoms with Crippen LogP contribution in [0.3, 0.4) is 0 Å². The Morgan fingerprint density at radius 2 is 1.70 bits per heavy atom. The Kier molecular flexibility index (Phi) is 6.65. The summed E-state index contributed by atoms with van der Waals surface area (Å²) in [6.07, 6.45) is 1.46. The predicted molar refractivity (Wildman–Crippen MR) is 100 cm³/mol.